The zero-order valence-electron chi connectivity index (χ0n) is 17.6. The summed E-state index contributed by atoms with van der Waals surface area (Å²) in [7, 11) is 1.55. The summed E-state index contributed by atoms with van der Waals surface area (Å²) < 4.78 is 16.9. The average Bonchev–Trinajstić information content (AvgIpc) is 3.33. The van der Waals surface area contributed by atoms with Crippen molar-refractivity contribution in [1.29, 1.82) is 0 Å². The normalized spacial score (nSPS) is 19.8. The van der Waals surface area contributed by atoms with E-state index >= 15 is 0 Å². The zero-order chi connectivity index (χ0) is 21.9. The van der Waals surface area contributed by atoms with Gasteiger partial charge in [0, 0.05) is 37.5 Å². The molecule has 0 bridgehead atoms. The van der Waals surface area contributed by atoms with Crippen molar-refractivity contribution in [2.75, 3.05) is 11.4 Å². The van der Waals surface area contributed by atoms with E-state index in [1.54, 1.807) is 17.8 Å². The van der Waals surface area contributed by atoms with E-state index in [4.69, 9.17) is 10.7 Å². The van der Waals surface area contributed by atoms with Crippen molar-refractivity contribution in [3.63, 3.8) is 0 Å². The lowest BCUT2D eigenvalue weighted by Gasteiger charge is -2.26. The maximum absolute atomic E-state index is 14.0. The molecular formula is C22H25FN6O2. The first kappa shape index (κ1) is 19.7. The lowest BCUT2D eigenvalue weighted by Crippen LogP contribution is -2.31. The highest BCUT2D eigenvalue weighted by Crippen LogP contribution is 2.43. The molecule has 1 saturated carbocycles. The Bertz CT molecular complexity index is 1240. The average molecular weight is 424 g/mol. The van der Waals surface area contributed by atoms with Crippen LogP contribution in [-0.2, 0) is 7.05 Å². The molecule has 0 unspecified atom stereocenters. The van der Waals surface area contributed by atoms with Gasteiger partial charge in [0.05, 0.1) is 11.7 Å². The number of aromatic nitrogens is 4. The number of nitrogens with zero attached hydrogens (tertiary/aromatic N) is 5. The van der Waals surface area contributed by atoms with Crippen molar-refractivity contribution in [2.45, 2.75) is 44.6 Å². The molecule has 1 saturated heterocycles. The van der Waals surface area contributed by atoms with Crippen LogP contribution in [0.4, 0.5) is 10.2 Å². The first-order chi connectivity index (χ1) is 14.8. The number of rotatable bonds is 5. The molecule has 1 aliphatic heterocycles. The van der Waals surface area contributed by atoms with Crippen molar-refractivity contribution < 1.29 is 9.18 Å². The van der Waals surface area contributed by atoms with Crippen molar-refractivity contribution >= 4 is 17.4 Å². The summed E-state index contributed by atoms with van der Waals surface area (Å²) in [5.74, 6) is 0.295. The van der Waals surface area contributed by atoms with Gasteiger partial charge >= 0.3 is 0 Å². The molecule has 2 fully saturated rings. The lowest BCUT2D eigenvalue weighted by molar-refractivity contribution is 0.1000. The number of nitrogens with two attached hydrogens (primary N) is 1. The summed E-state index contributed by atoms with van der Waals surface area (Å²) >= 11 is 0. The van der Waals surface area contributed by atoms with Gasteiger partial charge in [0.2, 0.25) is 0 Å². The summed E-state index contributed by atoms with van der Waals surface area (Å²) in [5.41, 5.74) is 7.39. The maximum Gasteiger partial charge on any atom is 0.255 e. The minimum absolute atomic E-state index is 0.141. The fourth-order valence-electron chi connectivity index (χ4n) is 4.77. The molecule has 1 amide bonds. The summed E-state index contributed by atoms with van der Waals surface area (Å²) in [6, 6.07) is 2.85. The molecule has 5 rings (SSSR count). The predicted molar refractivity (Wildman–Crippen MR) is 114 cm³/mol. The Morgan fingerprint density at radius 3 is 2.81 bits per heavy atom. The molecule has 2 N–H and O–H groups in total. The number of carbonyl (C=O) groups excluding carboxylic acids is 1. The van der Waals surface area contributed by atoms with Crippen LogP contribution in [0.2, 0.25) is 0 Å². The number of hydrogen-bond acceptors (Lipinski definition) is 5. The van der Waals surface area contributed by atoms with Gasteiger partial charge < -0.3 is 15.2 Å². The maximum atomic E-state index is 14.0. The van der Waals surface area contributed by atoms with Crippen LogP contribution >= 0.6 is 0 Å². The number of primary amides is 1. The van der Waals surface area contributed by atoms with Crippen LogP contribution < -0.4 is 16.2 Å². The summed E-state index contributed by atoms with van der Waals surface area (Å²) in [4.78, 5) is 31.7. The van der Waals surface area contributed by atoms with Crippen LogP contribution in [-0.4, -0.2) is 31.6 Å². The molecule has 9 heteroatoms. The van der Waals surface area contributed by atoms with E-state index in [0.717, 1.165) is 25.7 Å². The summed E-state index contributed by atoms with van der Waals surface area (Å²) in [5, 5.41) is 4.61. The van der Waals surface area contributed by atoms with E-state index in [9.17, 15) is 14.0 Å². The standard InChI is InChI=1S/C22H25FN6O2/c1-12(13-5-6-13)19-18(20(24)30)21-25-17(7-9-29(21)26-19)28-8-3-4-16(28)15-10-14(23)11-27(2)22(15)31/h7,9-13,16H,3-6,8H2,1-2H3,(H2,24,30)/t12-,16+/m0/s1. The van der Waals surface area contributed by atoms with Crippen LogP contribution in [0.1, 0.15) is 66.2 Å². The minimum atomic E-state index is -0.542. The Balaban J connectivity index is 1.59. The number of fused-ring (bicyclic) bond motifs is 1. The van der Waals surface area contributed by atoms with Crippen molar-refractivity contribution in [3.05, 3.63) is 57.5 Å². The molecule has 8 nitrogen and oxygen atoms in total. The molecule has 0 aromatic carbocycles. The van der Waals surface area contributed by atoms with E-state index in [0.29, 0.717) is 40.7 Å². The van der Waals surface area contributed by atoms with Gasteiger partial charge in [-0.25, -0.2) is 13.9 Å². The Hall–Kier alpha value is -3.23. The van der Waals surface area contributed by atoms with Gasteiger partial charge in [-0.15, -0.1) is 0 Å². The van der Waals surface area contributed by atoms with Crippen LogP contribution in [0.5, 0.6) is 0 Å². The molecule has 162 valence electrons. The highest BCUT2D eigenvalue weighted by molar-refractivity contribution is 6.00. The van der Waals surface area contributed by atoms with Gasteiger partial charge in [0.1, 0.15) is 17.2 Å². The van der Waals surface area contributed by atoms with Gasteiger partial charge in [0.15, 0.2) is 5.65 Å². The second kappa shape index (κ2) is 7.18. The smallest absolute Gasteiger partial charge is 0.255 e. The quantitative estimate of drug-likeness (QED) is 0.679. The van der Waals surface area contributed by atoms with E-state index in [1.807, 2.05) is 11.0 Å². The van der Waals surface area contributed by atoms with Crippen LogP contribution in [0.3, 0.4) is 0 Å². The molecule has 2 atom stereocenters. The summed E-state index contributed by atoms with van der Waals surface area (Å²) in [6.45, 7) is 2.75. The second-order valence-electron chi connectivity index (χ2n) is 8.69. The Morgan fingerprint density at radius 1 is 1.32 bits per heavy atom. The summed E-state index contributed by atoms with van der Waals surface area (Å²) in [6.07, 6.45) is 6.78. The zero-order valence-corrected chi connectivity index (χ0v) is 17.6. The largest absolute Gasteiger partial charge is 0.365 e. The fraction of sp³-hybridized carbons (Fsp3) is 0.455. The van der Waals surface area contributed by atoms with Crippen LogP contribution in [0.25, 0.3) is 5.65 Å². The van der Waals surface area contributed by atoms with Gasteiger partial charge in [-0.3, -0.25) is 9.59 Å². The molecule has 0 spiro atoms. The SMILES string of the molecule is C[C@H](c1nn2ccc(N3CCC[C@@H]3c3cc(F)cn(C)c3=O)nc2c1C(N)=O)C1CC1. The highest BCUT2D eigenvalue weighted by atomic mass is 19.1. The van der Waals surface area contributed by atoms with E-state index in [-0.39, 0.29) is 17.5 Å². The van der Waals surface area contributed by atoms with Gasteiger partial charge in [-0.05, 0) is 43.7 Å². The van der Waals surface area contributed by atoms with Gasteiger partial charge in [-0.1, -0.05) is 6.92 Å². The fourth-order valence-corrected chi connectivity index (χ4v) is 4.77. The number of aryl methyl sites for hydroxylation is 1. The molecule has 3 aromatic heterocycles. The van der Waals surface area contributed by atoms with Gasteiger partial charge in [0.25, 0.3) is 11.5 Å². The van der Waals surface area contributed by atoms with Crippen molar-refractivity contribution in [3.8, 4) is 0 Å². The van der Waals surface area contributed by atoms with Gasteiger partial charge in [-0.2, -0.15) is 5.10 Å². The van der Waals surface area contributed by atoms with E-state index < -0.39 is 11.7 Å². The first-order valence-electron chi connectivity index (χ1n) is 10.7. The minimum Gasteiger partial charge on any atom is -0.365 e. The van der Waals surface area contributed by atoms with Crippen molar-refractivity contribution in [2.24, 2.45) is 18.7 Å². The van der Waals surface area contributed by atoms with E-state index in [1.165, 1.54) is 16.8 Å². The monoisotopic (exact) mass is 424 g/mol. The number of carbonyl (C=O) groups is 1. The second-order valence-corrected chi connectivity index (χ2v) is 8.69. The molecule has 2 aliphatic rings. The number of hydrogen-bond donors (Lipinski definition) is 1. The lowest BCUT2D eigenvalue weighted by atomic mass is 9.98. The first-order valence-corrected chi connectivity index (χ1v) is 10.7. The van der Waals surface area contributed by atoms with E-state index in [2.05, 4.69) is 12.0 Å². The number of halogens is 1. The third kappa shape index (κ3) is 3.28. The number of anilines is 1. The van der Waals surface area contributed by atoms with Crippen LogP contribution in [0.15, 0.2) is 29.3 Å². The number of pyridine rings is 1. The van der Waals surface area contributed by atoms with Crippen LogP contribution in [0, 0.1) is 11.7 Å². The molecule has 1 aliphatic carbocycles. The molecule has 3 aromatic rings. The molecular weight excluding hydrogens is 399 g/mol. The highest BCUT2D eigenvalue weighted by Gasteiger charge is 2.35. The topological polar surface area (TPSA) is 98.5 Å². The third-order valence-electron chi connectivity index (χ3n) is 6.59. The van der Waals surface area contributed by atoms with Crippen molar-refractivity contribution in [1.82, 2.24) is 19.2 Å². The number of amides is 1. The Morgan fingerprint density at radius 2 is 2.10 bits per heavy atom. The predicted octanol–water partition coefficient (Wildman–Crippen LogP) is 2.52. The molecule has 0 radical (unpaired) electrons. The molecule has 31 heavy (non-hydrogen) atoms. The Labute approximate surface area is 178 Å². The molecule has 4 heterocycles. The third-order valence-corrected chi connectivity index (χ3v) is 6.59. The Kier molecular flexibility index (Phi) is 4.56.